The van der Waals surface area contributed by atoms with E-state index >= 15 is 0 Å². The Morgan fingerprint density at radius 1 is 1.50 bits per heavy atom. The molecule has 3 heteroatoms. The van der Waals surface area contributed by atoms with Crippen molar-refractivity contribution in [2.45, 2.75) is 33.3 Å². The van der Waals surface area contributed by atoms with Gasteiger partial charge in [0.25, 0.3) is 0 Å². The van der Waals surface area contributed by atoms with Crippen LogP contribution in [0.15, 0.2) is 40.9 Å². The summed E-state index contributed by atoms with van der Waals surface area (Å²) in [6.45, 7) is 9.78. The molecule has 0 radical (unpaired) electrons. The summed E-state index contributed by atoms with van der Waals surface area (Å²) in [6, 6.07) is 3.44. The molecule has 3 atom stereocenters. The molecular formula is C21H22O3. The van der Waals surface area contributed by atoms with Gasteiger partial charge in [-0.05, 0) is 30.4 Å². The SMILES string of the molecule is C#CCc1ccc(C(C#C)OC(=O)C2C(C=C(C)C=C)C2(C)C)o1. The Morgan fingerprint density at radius 3 is 2.79 bits per heavy atom. The smallest absolute Gasteiger partial charge is 0.311 e. The summed E-state index contributed by atoms with van der Waals surface area (Å²) >= 11 is 0. The van der Waals surface area contributed by atoms with Gasteiger partial charge in [0.15, 0.2) is 5.76 Å². The fourth-order valence-corrected chi connectivity index (χ4v) is 2.88. The molecule has 1 aliphatic carbocycles. The molecule has 24 heavy (non-hydrogen) atoms. The van der Waals surface area contributed by atoms with E-state index in [2.05, 4.69) is 24.5 Å². The van der Waals surface area contributed by atoms with Crippen LogP contribution >= 0.6 is 0 Å². The van der Waals surface area contributed by atoms with Crippen molar-refractivity contribution in [3.8, 4) is 24.7 Å². The van der Waals surface area contributed by atoms with Gasteiger partial charge in [0, 0.05) is 0 Å². The first-order chi connectivity index (χ1) is 11.3. The third-order valence-corrected chi connectivity index (χ3v) is 4.53. The van der Waals surface area contributed by atoms with Crippen LogP contribution in [0, 0.1) is 41.9 Å². The summed E-state index contributed by atoms with van der Waals surface area (Å²) in [6.07, 6.45) is 14.1. The predicted octanol–water partition coefficient (Wildman–Crippen LogP) is 4.08. The minimum Gasteiger partial charge on any atom is -0.460 e. The summed E-state index contributed by atoms with van der Waals surface area (Å²) in [5.74, 6) is 5.59. The van der Waals surface area contributed by atoms with Crippen LogP contribution in [-0.2, 0) is 16.0 Å². The van der Waals surface area contributed by atoms with E-state index in [-0.39, 0.29) is 23.2 Å². The molecule has 0 aliphatic heterocycles. The van der Waals surface area contributed by atoms with E-state index in [4.69, 9.17) is 22.0 Å². The van der Waals surface area contributed by atoms with E-state index < -0.39 is 6.10 Å². The lowest BCUT2D eigenvalue weighted by Crippen LogP contribution is -2.14. The largest absolute Gasteiger partial charge is 0.460 e. The summed E-state index contributed by atoms with van der Waals surface area (Å²) in [5.41, 5.74) is 0.889. The second-order valence-electron chi connectivity index (χ2n) is 6.61. The number of furan rings is 1. The van der Waals surface area contributed by atoms with Crippen molar-refractivity contribution in [2.75, 3.05) is 0 Å². The van der Waals surface area contributed by atoms with E-state index in [0.717, 1.165) is 5.57 Å². The Morgan fingerprint density at radius 2 is 2.21 bits per heavy atom. The zero-order valence-corrected chi connectivity index (χ0v) is 14.3. The molecule has 0 N–H and O–H groups in total. The second-order valence-corrected chi connectivity index (χ2v) is 6.61. The van der Waals surface area contributed by atoms with Gasteiger partial charge in [-0.1, -0.05) is 50.0 Å². The lowest BCUT2D eigenvalue weighted by atomic mass is 10.1. The highest BCUT2D eigenvalue weighted by Crippen LogP contribution is 2.60. The molecule has 0 saturated heterocycles. The monoisotopic (exact) mass is 322 g/mol. The molecular weight excluding hydrogens is 300 g/mol. The van der Waals surface area contributed by atoms with E-state index in [1.54, 1.807) is 18.2 Å². The zero-order valence-electron chi connectivity index (χ0n) is 14.3. The highest BCUT2D eigenvalue weighted by Gasteiger charge is 2.61. The van der Waals surface area contributed by atoms with Gasteiger partial charge in [-0.25, -0.2) is 0 Å². The molecule has 1 heterocycles. The molecule has 1 fully saturated rings. The van der Waals surface area contributed by atoms with Crippen LogP contribution in [0.2, 0.25) is 0 Å². The third-order valence-electron chi connectivity index (χ3n) is 4.53. The number of carbonyl (C=O) groups is 1. The molecule has 1 aromatic heterocycles. The van der Waals surface area contributed by atoms with Crippen molar-refractivity contribution in [3.05, 3.63) is 48.0 Å². The van der Waals surface area contributed by atoms with E-state index in [1.807, 2.05) is 20.8 Å². The molecule has 1 saturated carbocycles. The van der Waals surface area contributed by atoms with Gasteiger partial charge in [-0.2, -0.15) is 0 Å². The molecule has 0 aromatic carbocycles. The topological polar surface area (TPSA) is 39.4 Å². The highest BCUT2D eigenvalue weighted by atomic mass is 16.6. The van der Waals surface area contributed by atoms with Gasteiger partial charge in [0.1, 0.15) is 5.76 Å². The quantitative estimate of drug-likeness (QED) is 0.450. The van der Waals surface area contributed by atoms with Gasteiger partial charge in [0.05, 0.1) is 12.3 Å². The van der Waals surface area contributed by atoms with Crippen molar-refractivity contribution in [1.29, 1.82) is 0 Å². The molecule has 3 unspecified atom stereocenters. The third kappa shape index (κ3) is 3.47. The van der Waals surface area contributed by atoms with E-state index in [1.165, 1.54) is 0 Å². The zero-order chi connectivity index (χ0) is 17.9. The van der Waals surface area contributed by atoms with Crippen molar-refractivity contribution < 1.29 is 13.9 Å². The maximum absolute atomic E-state index is 12.5. The number of hydrogen-bond donors (Lipinski definition) is 0. The average molecular weight is 322 g/mol. The average Bonchev–Trinajstić information content (AvgIpc) is 2.88. The lowest BCUT2D eigenvalue weighted by molar-refractivity contribution is -0.150. The van der Waals surface area contributed by atoms with Crippen LogP contribution < -0.4 is 0 Å². The van der Waals surface area contributed by atoms with Crippen LogP contribution in [0.25, 0.3) is 0 Å². The van der Waals surface area contributed by atoms with Gasteiger partial charge in [0.2, 0.25) is 6.10 Å². The Bertz CT molecular complexity index is 749. The van der Waals surface area contributed by atoms with Crippen LogP contribution in [-0.4, -0.2) is 5.97 Å². The number of rotatable bonds is 6. The number of esters is 1. The summed E-state index contributed by atoms with van der Waals surface area (Å²) in [4.78, 5) is 12.5. The normalized spacial score (nSPS) is 22.8. The summed E-state index contributed by atoms with van der Waals surface area (Å²) in [7, 11) is 0. The molecule has 3 nitrogen and oxygen atoms in total. The fraction of sp³-hybridized carbons (Fsp3) is 0.381. The summed E-state index contributed by atoms with van der Waals surface area (Å²) < 4.78 is 11.1. The molecule has 2 rings (SSSR count). The van der Waals surface area contributed by atoms with Crippen LogP contribution in [0.3, 0.4) is 0 Å². The van der Waals surface area contributed by atoms with Crippen molar-refractivity contribution in [2.24, 2.45) is 17.3 Å². The van der Waals surface area contributed by atoms with Crippen molar-refractivity contribution in [1.82, 2.24) is 0 Å². The first-order valence-corrected chi connectivity index (χ1v) is 7.84. The van der Waals surface area contributed by atoms with Gasteiger partial charge >= 0.3 is 5.97 Å². The molecule has 0 amide bonds. The van der Waals surface area contributed by atoms with Gasteiger partial charge in [-0.3, -0.25) is 4.79 Å². The Kier molecular flexibility index (Phi) is 5.05. The van der Waals surface area contributed by atoms with Gasteiger partial charge < -0.3 is 9.15 Å². The van der Waals surface area contributed by atoms with Gasteiger partial charge in [-0.15, -0.1) is 12.8 Å². The lowest BCUT2D eigenvalue weighted by Gasteiger charge is -2.10. The molecule has 0 bridgehead atoms. The number of carbonyl (C=O) groups excluding carboxylic acids is 1. The van der Waals surface area contributed by atoms with Crippen LogP contribution in [0.4, 0.5) is 0 Å². The van der Waals surface area contributed by atoms with E-state index in [0.29, 0.717) is 17.9 Å². The fourth-order valence-electron chi connectivity index (χ4n) is 2.88. The van der Waals surface area contributed by atoms with E-state index in [9.17, 15) is 4.79 Å². The predicted molar refractivity (Wildman–Crippen MR) is 93.6 cm³/mol. The minimum atomic E-state index is -0.842. The molecule has 0 spiro atoms. The number of allylic oxidation sites excluding steroid dienone is 3. The first kappa shape index (κ1) is 17.7. The molecule has 124 valence electrons. The maximum atomic E-state index is 12.5. The minimum absolute atomic E-state index is 0.120. The second kappa shape index (κ2) is 6.85. The van der Waals surface area contributed by atoms with Crippen molar-refractivity contribution >= 4 is 5.97 Å². The number of hydrogen-bond acceptors (Lipinski definition) is 3. The Labute approximate surface area is 143 Å². The van der Waals surface area contributed by atoms with Crippen LogP contribution in [0.1, 0.15) is 38.4 Å². The molecule has 1 aliphatic rings. The number of terminal acetylenes is 2. The Hall–Kier alpha value is -2.65. The first-order valence-electron chi connectivity index (χ1n) is 7.84. The Balaban J connectivity index is 2.09. The van der Waals surface area contributed by atoms with Crippen molar-refractivity contribution in [3.63, 3.8) is 0 Å². The van der Waals surface area contributed by atoms with Crippen LogP contribution in [0.5, 0.6) is 0 Å². The molecule has 1 aromatic rings. The maximum Gasteiger partial charge on any atom is 0.311 e. The highest BCUT2D eigenvalue weighted by molar-refractivity contribution is 5.78. The number of ether oxygens (including phenoxy) is 1. The standard InChI is InChI=1S/C21H22O3/c1-7-10-15-11-12-18(23-15)17(9-3)24-20(22)19-16(21(19,5)6)13-14(4)8-2/h1,3,8,11-13,16-17,19H,2,10H2,4-6H3. The summed E-state index contributed by atoms with van der Waals surface area (Å²) in [5, 5.41) is 0.